The molecule has 1 heterocycles. The summed E-state index contributed by atoms with van der Waals surface area (Å²) in [6.07, 6.45) is 0.315. The fourth-order valence-corrected chi connectivity index (χ4v) is 4.24. The van der Waals surface area contributed by atoms with Crippen molar-refractivity contribution in [1.82, 2.24) is 4.98 Å². The summed E-state index contributed by atoms with van der Waals surface area (Å²) >= 11 is 7.84. The molecule has 0 radical (unpaired) electrons. The lowest BCUT2D eigenvalue weighted by atomic mass is 10.1. The first-order chi connectivity index (χ1) is 13.4. The molecule has 0 fully saturated rings. The van der Waals surface area contributed by atoms with Crippen molar-refractivity contribution in [1.29, 1.82) is 0 Å². The predicted molar refractivity (Wildman–Crippen MR) is 116 cm³/mol. The van der Waals surface area contributed by atoms with Gasteiger partial charge in [-0.2, -0.15) is 0 Å². The number of quaternary nitrogens is 1. The number of amides is 1. The Hall–Kier alpha value is -2.15. The third kappa shape index (κ3) is 4.63. The Labute approximate surface area is 174 Å². The van der Waals surface area contributed by atoms with Gasteiger partial charge in [0, 0.05) is 0 Å². The largest absolute Gasteiger partial charge is 0.497 e. The second kappa shape index (κ2) is 8.90. The number of nitrogens with zero attached hydrogens (tertiary/aromatic N) is 2. The molecule has 148 valence electrons. The molecule has 0 spiro atoms. The van der Waals surface area contributed by atoms with Crippen LogP contribution in [0.2, 0.25) is 5.02 Å². The van der Waals surface area contributed by atoms with E-state index < -0.39 is 0 Å². The number of aryl methyl sites for hydroxylation is 1. The molecule has 0 aliphatic rings. The van der Waals surface area contributed by atoms with Gasteiger partial charge < -0.3 is 9.64 Å². The highest BCUT2D eigenvalue weighted by atomic mass is 35.5. The number of benzene rings is 2. The van der Waals surface area contributed by atoms with Crippen LogP contribution in [0.4, 0.5) is 5.13 Å². The van der Waals surface area contributed by atoms with Crippen LogP contribution in [0.15, 0.2) is 36.4 Å². The Kier molecular flexibility index (Phi) is 6.54. The fraction of sp³-hybridized carbons (Fsp3) is 0.333. The molecule has 0 bridgehead atoms. The number of anilines is 1. The molecule has 2 aromatic carbocycles. The summed E-state index contributed by atoms with van der Waals surface area (Å²) in [5, 5.41) is 1.37. The van der Waals surface area contributed by atoms with E-state index in [0.29, 0.717) is 23.1 Å². The van der Waals surface area contributed by atoms with Crippen molar-refractivity contribution in [2.75, 3.05) is 39.2 Å². The Bertz CT molecular complexity index is 931. The van der Waals surface area contributed by atoms with Gasteiger partial charge in [-0.3, -0.25) is 9.69 Å². The summed E-state index contributed by atoms with van der Waals surface area (Å²) in [5.41, 5.74) is 2.87. The molecular weight excluding hydrogens is 394 g/mol. The van der Waals surface area contributed by atoms with Gasteiger partial charge in [0.25, 0.3) is 0 Å². The Morgan fingerprint density at radius 3 is 2.54 bits per heavy atom. The maximum atomic E-state index is 13.1. The third-order valence-corrected chi connectivity index (χ3v) is 6.11. The maximum absolute atomic E-state index is 13.1. The zero-order chi connectivity index (χ0) is 20.3. The number of rotatable bonds is 7. The number of likely N-dealkylation sites (N-methyl/N-ethyl adjacent to an activating group) is 1. The topological polar surface area (TPSA) is 46.9 Å². The van der Waals surface area contributed by atoms with Gasteiger partial charge in [0.2, 0.25) is 5.91 Å². The second-order valence-corrected chi connectivity index (χ2v) is 8.45. The highest BCUT2D eigenvalue weighted by molar-refractivity contribution is 7.23. The number of aromatic nitrogens is 1. The summed E-state index contributed by atoms with van der Waals surface area (Å²) < 4.78 is 6.12. The first-order valence-electron chi connectivity index (χ1n) is 9.17. The van der Waals surface area contributed by atoms with Crippen molar-refractivity contribution >= 4 is 44.2 Å². The quantitative estimate of drug-likeness (QED) is 0.641. The van der Waals surface area contributed by atoms with Crippen LogP contribution in [0.3, 0.4) is 0 Å². The molecule has 0 aliphatic heterocycles. The van der Waals surface area contributed by atoms with E-state index in [0.717, 1.165) is 33.6 Å². The number of fused-ring (bicyclic) bond motifs is 1. The number of carbonyl (C=O) groups is 1. The van der Waals surface area contributed by atoms with Gasteiger partial charge in [-0.25, -0.2) is 4.98 Å². The molecule has 0 unspecified atom stereocenters. The van der Waals surface area contributed by atoms with Crippen molar-refractivity contribution in [3.8, 4) is 5.75 Å². The molecule has 0 saturated carbocycles. The van der Waals surface area contributed by atoms with Crippen LogP contribution < -0.4 is 14.5 Å². The summed E-state index contributed by atoms with van der Waals surface area (Å²) in [6, 6.07) is 11.4. The average Bonchev–Trinajstić information content (AvgIpc) is 3.12. The lowest BCUT2D eigenvalue weighted by Crippen LogP contribution is -3.06. The van der Waals surface area contributed by atoms with Gasteiger partial charge in [-0.15, -0.1) is 0 Å². The Morgan fingerprint density at radius 2 is 1.93 bits per heavy atom. The van der Waals surface area contributed by atoms with Crippen LogP contribution in [-0.2, 0) is 11.2 Å². The van der Waals surface area contributed by atoms with E-state index in [1.54, 1.807) is 12.0 Å². The number of hydrogen-bond acceptors (Lipinski definition) is 4. The minimum atomic E-state index is 0.0271. The Morgan fingerprint density at radius 1 is 1.21 bits per heavy atom. The zero-order valence-electron chi connectivity index (χ0n) is 16.6. The van der Waals surface area contributed by atoms with E-state index in [2.05, 4.69) is 14.1 Å². The molecule has 7 heteroatoms. The molecule has 0 atom stereocenters. The van der Waals surface area contributed by atoms with Crippen LogP contribution in [0.5, 0.6) is 5.75 Å². The van der Waals surface area contributed by atoms with Gasteiger partial charge in [0.1, 0.15) is 5.75 Å². The van der Waals surface area contributed by atoms with Gasteiger partial charge in [0.05, 0.1) is 56.0 Å². The van der Waals surface area contributed by atoms with Crippen LogP contribution >= 0.6 is 22.9 Å². The number of nitrogens with one attached hydrogen (secondary N) is 1. The number of hydrogen-bond donors (Lipinski definition) is 1. The van der Waals surface area contributed by atoms with Crippen molar-refractivity contribution in [2.45, 2.75) is 13.3 Å². The monoisotopic (exact) mass is 418 g/mol. The summed E-state index contributed by atoms with van der Waals surface area (Å²) in [4.78, 5) is 21.0. The lowest BCUT2D eigenvalue weighted by Gasteiger charge is -2.20. The molecule has 5 nitrogen and oxygen atoms in total. The van der Waals surface area contributed by atoms with Gasteiger partial charge in [-0.05, 0) is 36.2 Å². The number of methoxy groups -OCH3 is 1. The van der Waals surface area contributed by atoms with Gasteiger partial charge >= 0.3 is 0 Å². The van der Waals surface area contributed by atoms with Crippen molar-refractivity contribution in [2.24, 2.45) is 0 Å². The van der Waals surface area contributed by atoms with Crippen LogP contribution in [-0.4, -0.2) is 45.2 Å². The molecular formula is C21H25ClN3O2S+. The predicted octanol–water partition coefficient (Wildman–Crippen LogP) is 2.99. The molecule has 1 aromatic heterocycles. The summed E-state index contributed by atoms with van der Waals surface area (Å²) in [6.45, 7) is 3.44. The molecule has 0 saturated heterocycles. The number of thiazole rings is 1. The van der Waals surface area contributed by atoms with Gasteiger partial charge in [-0.1, -0.05) is 41.1 Å². The minimum Gasteiger partial charge on any atom is -0.497 e. The molecule has 3 aromatic rings. The standard InChI is InChI=1S/C21H24ClN3O2S/c1-14-5-10-17(22)20-19(14)23-21(28-20)25(12-11-24(2)3)18(26)13-15-6-8-16(27-4)9-7-15/h5-10H,11-13H2,1-4H3/p+1. The van der Waals surface area contributed by atoms with Crippen LogP contribution in [0, 0.1) is 6.92 Å². The van der Waals surface area contributed by atoms with E-state index in [9.17, 15) is 4.79 Å². The molecule has 28 heavy (non-hydrogen) atoms. The number of halogens is 1. The molecule has 1 N–H and O–H groups in total. The minimum absolute atomic E-state index is 0.0271. The first kappa shape index (κ1) is 20.6. The fourth-order valence-electron chi connectivity index (χ4n) is 2.88. The zero-order valence-corrected chi connectivity index (χ0v) is 18.2. The second-order valence-electron chi connectivity index (χ2n) is 7.07. The summed E-state index contributed by atoms with van der Waals surface area (Å²) in [5.74, 6) is 0.805. The average molecular weight is 419 g/mol. The molecule has 0 aliphatic carbocycles. The lowest BCUT2D eigenvalue weighted by molar-refractivity contribution is -0.856. The van der Waals surface area contributed by atoms with Gasteiger partial charge in [0.15, 0.2) is 5.13 Å². The maximum Gasteiger partial charge on any atom is 0.233 e. The van der Waals surface area contributed by atoms with E-state index in [1.165, 1.54) is 16.2 Å². The SMILES string of the molecule is COc1ccc(CC(=O)N(CC[NH+](C)C)c2nc3c(C)ccc(Cl)c3s2)cc1. The third-order valence-electron chi connectivity index (χ3n) is 4.57. The van der Waals surface area contributed by atoms with E-state index in [4.69, 9.17) is 21.3 Å². The van der Waals surface area contributed by atoms with E-state index >= 15 is 0 Å². The van der Waals surface area contributed by atoms with Crippen molar-refractivity contribution < 1.29 is 14.4 Å². The highest BCUT2D eigenvalue weighted by Gasteiger charge is 2.22. The summed E-state index contributed by atoms with van der Waals surface area (Å²) in [7, 11) is 5.78. The van der Waals surface area contributed by atoms with Crippen molar-refractivity contribution in [3.05, 3.63) is 52.5 Å². The van der Waals surface area contributed by atoms with Crippen LogP contribution in [0.25, 0.3) is 10.2 Å². The number of ether oxygens (including phenoxy) is 1. The molecule has 1 amide bonds. The van der Waals surface area contributed by atoms with Crippen molar-refractivity contribution in [3.63, 3.8) is 0 Å². The normalized spacial score (nSPS) is 11.2. The van der Waals surface area contributed by atoms with Crippen LogP contribution in [0.1, 0.15) is 11.1 Å². The molecule has 3 rings (SSSR count). The first-order valence-corrected chi connectivity index (χ1v) is 10.4. The smallest absolute Gasteiger partial charge is 0.233 e. The number of carbonyl (C=O) groups excluding carboxylic acids is 1. The van der Waals surface area contributed by atoms with E-state index in [-0.39, 0.29) is 5.91 Å². The highest BCUT2D eigenvalue weighted by Crippen LogP contribution is 2.35. The Balaban J connectivity index is 1.90. The van der Waals surface area contributed by atoms with E-state index in [1.807, 2.05) is 43.3 Å².